The Hall–Kier alpha value is -1.61. The number of hydrogen-bond acceptors (Lipinski definition) is 4. The van der Waals surface area contributed by atoms with Crippen LogP contribution in [0.2, 0.25) is 5.02 Å². The van der Waals surface area contributed by atoms with Gasteiger partial charge in [-0.25, -0.2) is 5.43 Å². The molecule has 0 saturated carbocycles. The van der Waals surface area contributed by atoms with Crippen LogP contribution in [0.25, 0.3) is 0 Å². The Labute approximate surface area is 104 Å². The van der Waals surface area contributed by atoms with E-state index >= 15 is 0 Å². The van der Waals surface area contributed by atoms with Crippen LogP contribution in [0.1, 0.15) is 10.4 Å². The quantitative estimate of drug-likeness (QED) is 0.720. The molecule has 1 heterocycles. The number of nitrogens with zero attached hydrogens (tertiary/aromatic N) is 1. The van der Waals surface area contributed by atoms with Crippen LogP contribution in [-0.4, -0.2) is 18.6 Å². The molecule has 0 bridgehead atoms. The number of nitriles is 1. The first-order valence-corrected chi connectivity index (χ1v) is 5.53. The Morgan fingerprint density at radius 2 is 2.41 bits per heavy atom. The Morgan fingerprint density at radius 1 is 1.59 bits per heavy atom. The zero-order valence-electron chi connectivity index (χ0n) is 8.90. The lowest BCUT2D eigenvalue weighted by atomic mass is 10.1. The average molecular weight is 251 g/mol. The molecule has 1 aromatic rings. The molecule has 1 fully saturated rings. The van der Waals surface area contributed by atoms with Crippen molar-refractivity contribution in [1.29, 1.82) is 5.26 Å². The second kappa shape index (κ2) is 5.15. The van der Waals surface area contributed by atoms with Crippen molar-refractivity contribution in [3.63, 3.8) is 0 Å². The number of carbonyl (C=O) groups excluding carboxylic acids is 1. The number of halogens is 1. The lowest BCUT2D eigenvalue weighted by Crippen LogP contribution is -2.46. The minimum atomic E-state index is -0.383. The van der Waals surface area contributed by atoms with Gasteiger partial charge in [0, 0.05) is 17.1 Å². The van der Waals surface area contributed by atoms with Crippen LogP contribution >= 0.6 is 11.6 Å². The van der Waals surface area contributed by atoms with Crippen molar-refractivity contribution in [2.24, 2.45) is 5.92 Å². The first-order chi connectivity index (χ1) is 8.20. The van der Waals surface area contributed by atoms with Crippen LogP contribution < -0.4 is 16.2 Å². The van der Waals surface area contributed by atoms with Gasteiger partial charge in [-0.3, -0.25) is 10.2 Å². The molecule has 2 unspecified atom stereocenters. The zero-order valence-corrected chi connectivity index (χ0v) is 9.66. The van der Waals surface area contributed by atoms with Crippen molar-refractivity contribution in [1.82, 2.24) is 16.2 Å². The summed E-state index contributed by atoms with van der Waals surface area (Å²) in [7, 11) is 0. The molecule has 1 amide bonds. The van der Waals surface area contributed by atoms with Crippen LogP contribution in [0.5, 0.6) is 0 Å². The smallest absolute Gasteiger partial charge is 0.252 e. The molecule has 1 aromatic carbocycles. The fraction of sp³-hybridized carbons (Fsp3) is 0.273. The van der Waals surface area contributed by atoms with Crippen LogP contribution in [0.3, 0.4) is 0 Å². The van der Waals surface area contributed by atoms with Gasteiger partial charge in [-0.1, -0.05) is 17.7 Å². The first-order valence-electron chi connectivity index (χ1n) is 5.15. The van der Waals surface area contributed by atoms with Gasteiger partial charge >= 0.3 is 0 Å². The maximum Gasteiger partial charge on any atom is 0.252 e. The first kappa shape index (κ1) is 11.9. The Bertz CT molecular complexity index is 471. The van der Waals surface area contributed by atoms with E-state index in [0.717, 1.165) is 0 Å². The molecule has 2 atom stereocenters. The summed E-state index contributed by atoms with van der Waals surface area (Å²) in [6.45, 7) is 0.511. The molecule has 5 nitrogen and oxygen atoms in total. The SMILES string of the molecule is N#CC1CNNC1NC(=O)c1cccc(Cl)c1. The third-order valence-corrected chi connectivity index (χ3v) is 2.76. The summed E-state index contributed by atoms with van der Waals surface area (Å²) in [5, 5.41) is 12.1. The monoisotopic (exact) mass is 250 g/mol. The summed E-state index contributed by atoms with van der Waals surface area (Å²) >= 11 is 5.80. The van der Waals surface area contributed by atoms with Crippen LogP contribution in [0.4, 0.5) is 0 Å². The normalized spacial score (nSPS) is 23.1. The third-order valence-electron chi connectivity index (χ3n) is 2.52. The largest absolute Gasteiger partial charge is 0.334 e. The van der Waals surface area contributed by atoms with Gasteiger partial charge in [-0.05, 0) is 18.2 Å². The summed E-state index contributed by atoms with van der Waals surface area (Å²) in [6.07, 6.45) is -0.383. The average Bonchev–Trinajstić information content (AvgIpc) is 2.76. The molecular weight excluding hydrogens is 240 g/mol. The fourth-order valence-corrected chi connectivity index (χ4v) is 1.80. The molecule has 1 saturated heterocycles. The summed E-state index contributed by atoms with van der Waals surface area (Å²) in [4.78, 5) is 11.9. The minimum absolute atomic E-state index is 0.256. The molecule has 3 N–H and O–H groups in total. The number of nitrogens with one attached hydrogen (secondary N) is 3. The highest BCUT2D eigenvalue weighted by atomic mass is 35.5. The molecule has 0 aromatic heterocycles. The van der Waals surface area contributed by atoms with Gasteiger partial charge in [0.2, 0.25) is 0 Å². The van der Waals surface area contributed by atoms with Gasteiger partial charge in [-0.2, -0.15) is 5.26 Å². The van der Waals surface area contributed by atoms with Crippen LogP contribution in [-0.2, 0) is 0 Å². The predicted octanol–water partition coefficient (Wildman–Crippen LogP) is 0.643. The summed E-state index contributed by atoms with van der Waals surface area (Å²) in [5.41, 5.74) is 6.14. The van der Waals surface area contributed by atoms with E-state index in [1.165, 1.54) is 0 Å². The van der Waals surface area contributed by atoms with Crippen LogP contribution in [0, 0.1) is 17.2 Å². The number of rotatable bonds is 2. The van der Waals surface area contributed by atoms with E-state index in [1.54, 1.807) is 24.3 Å². The van der Waals surface area contributed by atoms with Crippen molar-refractivity contribution in [3.05, 3.63) is 34.9 Å². The molecule has 6 heteroatoms. The number of carbonyl (C=O) groups is 1. The fourth-order valence-electron chi connectivity index (χ4n) is 1.61. The molecule has 0 aliphatic carbocycles. The van der Waals surface area contributed by atoms with Crippen LogP contribution in [0.15, 0.2) is 24.3 Å². The maximum atomic E-state index is 11.9. The summed E-state index contributed by atoms with van der Waals surface area (Å²) in [6, 6.07) is 8.78. The second-order valence-electron chi connectivity index (χ2n) is 3.72. The van der Waals surface area contributed by atoms with Gasteiger partial charge in [0.05, 0.1) is 12.0 Å². The number of hydrazine groups is 1. The number of benzene rings is 1. The highest BCUT2D eigenvalue weighted by molar-refractivity contribution is 6.30. The summed E-state index contributed by atoms with van der Waals surface area (Å²) in [5.74, 6) is -0.535. The van der Waals surface area contributed by atoms with E-state index in [4.69, 9.17) is 16.9 Å². The van der Waals surface area contributed by atoms with Gasteiger partial charge in [-0.15, -0.1) is 0 Å². The van der Waals surface area contributed by atoms with E-state index in [0.29, 0.717) is 17.1 Å². The van der Waals surface area contributed by atoms with Gasteiger partial charge < -0.3 is 5.32 Å². The van der Waals surface area contributed by atoms with Crippen molar-refractivity contribution < 1.29 is 4.79 Å². The highest BCUT2D eigenvalue weighted by Gasteiger charge is 2.28. The van der Waals surface area contributed by atoms with E-state index in [9.17, 15) is 4.79 Å². The third kappa shape index (κ3) is 2.74. The number of hydrogen-bond donors (Lipinski definition) is 3. The van der Waals surface area contributed by atoms with Gasteiger partial charge in [0.25, 0.3) is 5.91 Å². The molecule has 1 aliphatic heterocycles. The lowest BCUT2D eigenvalue weighted by Gasteiger charge is -2.14. The topological polar surface area (TPSA) is 77.0 Å². The van der Waals surface area contributed by atoms with Crippen molar-refractivity contribution >= 4 is 17.5 Å². The van der Waals surface area contributed by atoms with Gasteiger partial charge in [0.15, 0.2) is 0 Å². The molecule has 0 spiro atoms. The van der Waals surface area contributed by atoms with Crippen molar-refractivity contribution in [2.75, 3.05) is 6.54 Å². The molecule has 88 valence electrons. The molecular formula is C11H11ClN4O. The standard InChI is InChI=1S/C11H11ClN4O/c12-9-3-1-2-7(4-9)11(17)15-10-8(5-13)6-14-16-10/h1-4,8,10,14,16H,6H2,(H,15,17). The van der Waals surface area contributed by atoms with Crippen molar-refractivity contribution in [3.8, 4) is 6.07 Å². The lowest BCUT2D eigenvalue weighted by molar-refractivity contribution is 0.0927. The minimum Gasteiger partial charge on any atom is -0.334 e. The Balaban J connectivity index is 2.05. The van der Waals surface area contributed by atoms with Crippen molar-refractivity contribution in [2.45, 2.75) is 6.17 Å². The van der Waals surface area contributed by atoms with E-state index in [-0.39, 0.29) is 18.0 Å². The van der Waals surface area contributed by atoms with E-state index in [1.807, 2.05) is 0 Å². The second-order valence-corrected chi connectivity index (χ2v) is 4.16. The summed E-state index contributed by atoms with van der Waals surface area (Å²) < 4.78 is 0. The zero-order chi connectivity index (χ0) is 12.3. The maximum absolute atomic E-state index is 11.9. The number of amides is 1. The van der Waals surface area contributed by atoms with E-state index < -0.39 is 0 Å². The van der Waals surface area contributed by atoms with E-state index in [2.05, 4.69) is 22.2 Å². The van der Waals surface area contributed by atoms with Gasteiger partial charge in [0.1, 0.15) is 6.17 Å². The Kier molecular flexibility index (Phi) is 3.59. The predicted molar refractivity (Wildman–Crippen MR) is 62.9 cm³/mol. The molecule has 17 heavy (non-hydrogen) atoms. The highest BCUT2D eigenvalue weighted by Crippen LogP contribution is 2.11. The molecule has 0 radical (unpaired) electrons. The Morgan fingerprint density at radius 3 is 3.12 bits per heavy atom. The molecule has 1 aliphatic rings. The molecule has 2 rings (SSSR count).